The number of ether oxygens (including phenoxy) is 1. The lowest BCUT2D eigenvalue weighted by atomic mass is 9.76. The fourth-order valence-corrected chi connectivity index (χ4v) is 4.77. The van der Waals surface area contributed by atoms with E-state index in [2.05, 4.69) is 4.98 Å². The maximum atomic E-state index is 13.7. The van der Waals surface area contributed by atoms with E-state index in [9.17, 15) is 14.4 Å². The highest BCUT2D eigenvalue weighted by Gasteiger charge is 2.44. The number of Topliss-reactive ketones (excluding diaryl/α,β-unsaturated/α-hetero) is 1. The molecule has 0 radical (unpaired) electrons. The van der Waals surface area contributed by atoms with E-state index in [4.69, 9.17) is 4.74 Å². The monoisotopic (exact) mass is 432 g/mol. The molecular formula is C26H28N2O4. The molecule has 3 atom stereocenters. The lowest BCUT2D eigenvalue weighted by Crippen LogP contribution is -2.57. The van der Waals surface area contributed by atoms with E-state index < -0.39 is 17.9 Å². The van der Waals surface area contributed by atoms with Gasteiger partial charge in [0.15, 0.2) is 5.78 Å². The van der Waals surface area contributed by atoms with Gasteiger partial charge in [0.25, 0.3) is 5.91 Å². The van der Waals surface area contributed by atoms with E-state index in [1.165, 1.54) is 7.11 Å². The number of aromatic amines is 1. The molecule has 3 aromatic rings. The van der Waals surface area contributed by atoms with Gasteiger partial charge in [-0.1, -0.05) is 49.7 Å². The van der Waals surface area contributed by atoms with Crippen molar-refractivity contribution < 1.29 is 19.1 Å². The number of ketones is 1. The van der Waals surface area contributed by atoms with Crippen LogP contribution in [0.5, 0.6) is 0 Å². The van der Waals surface area contributed by atoms with Gasteiger partial charge in [-0.2, -0.15) is 0 Å². The number of esters is 1. The second-order valence-corrected chi connectivity index (χ2v) is 8.36. The average molecular weight is 433 g/mol. The molecule has 0 spiro atoms. The van der Waals surface area contributed by atoms with Crippen LogP contribution in [0.4, 0.5) is 0 Å². The molecule has 32 heavy (non-hydrogen) atoms. The fourth-order valence-electron chi connectivity index (χ4n) is 4.77. The molecule has 1 aromatic heterocycles. The van der Waals surface area contributed by atoms with E-state index >= 15 is 0 Å². The predicted molar refractivity (Wildman–Crippen MR) is 122 cm³/mol. The number of rotatable bonds is 6. The fraction of sp³-hybridized carbons (Fsp3) is 0.346. The molecule has 166 valence electrons. The van der Waals surface area contributed by atoms with Crippen LogP contribution in [0.25, 0.3) is 10.9 Å². The Morgan fingerprint density at radius 3 is 2.53 bits per heavy atom. The number of H-pyrrole nitrogens is 1. The second-order valence-electron chi connectivity index (χ2n) is 8.36. The number of para-hydroxylation sites is 1. The number of hydrogen-bond acceptors (Lipinski definition) is 4. The molecule has 6 nitrogen and oxygen atoms in total. The van der Waals surface area contributed by atoms with E-state index in [0.717, 1.165) is 16.5 Å². The highest BCUT2D eigenvalue weighted by Crippen LogP contribution is 2.33. The molecule has 1 amide bonds. The maximum absolute atomic E-state index is 13.7. The van der Waals surface area contributed by atoms with Crippen LogP contribution in [0.3, 0.4) is 0 Å². The number of aromatic nitrogens is 1. The van der Waals surface area contributed by atoms with Crippen molar-refractivity contribution >= 4 is 28.6 Å². The van der Waals surface area contributed by atoms with Crippen LogP contribution in [-0.2, 0) is 20.7 Å². The number of amides is 1. The summed E-state index contributed by atoms with van der Waals surface area (Å²) in [6, 6.07) is 16.3. The summed E-state index contributed by atoms with van der Waals surface area (Å²) < 4.78 is 4.86. The minimum Gasteiger partial charge on any atom is -0.469 e. The minimum absolute atomic E-state index is 0.0472. The normalized spacial score (nSPS) is 21.0. The zero-order valence-corrected chi connectivity index (χ0v) is 18.4. The first-order valence-electron chi connectivity index (χ1n) is 11.0. The standard InChI is InChI=1S/C26H28N2O4/c1-3-17-16-28(26(31)18-9-5-4-6-10-18)23(25(30)21(17)14-24(29)32-2)13-19-15-27-22-12-8-7-11-20(19)22/h4-12,15,17,21,23,27H,3,13-14,16H2,1-2H3. The number of carbonyl (C=O) groups excluding carboxylic acids is 3. The number of nitrogens with zero attached hydrogens (tertiary/aromatic N) is 1. The average Bonchev–Trinajstić information content (AvgIpc) is 3.24. The summed E-state index contributed by atoms with van der Waals surface area (Å²) in [6.45, 7) is 2.43. The number of nitrogens with one attached hydrogen (secondary N) is 1. The molecule has 1 aliphatic heterocycles. The van der Waals surface area contributed by atoms with Gasteiger partial charge in [0.05, 0.1) is 19.6 Å². The number of likely N-dealkylation sites (tertiary alicyclic amines) is 1. The lowest BCUT2D eigenvalue weighted by Gasteiger charge is -2.42. The van der Waals surface area contributed by atoms with Crippen molar-refractivity contribution in [3.63, 3.8) is 0 Å². The minimum atomic E-state index is -0.639. The van der Waals surface area contributed by atoms with Crippen molar-refractivity contribution in [2.24, 2.45) is 11.8 Å². The molecule has 3 unspecified atom stereocenters. The third-order valence-corrected chi connectivity index (χ3v) is 6.58. The zero-order valence-electron chi connectivity index (χ0n) is 18.4. The van der Waals surface area contributed by atoms with Gasteiger partial charge in [-0.15, -0.1) is 0 Å². The quantitative estimate of drug-likeness (QED) is 0.597. The summed E-state index contributed by atoms with van der Waals surface area (Å²) in [4.78, 5) is 44.2. The largest absolute Gasteiger partial charge is 0.469 e. The van der Waals surface area contributed by atoms with Crippen molar-refractivity contribution in [3.05, 3.63) is 71.9 Å². The van der Waals surface area contributed by atoms with Crippen LogP contribution in [-0.4, -0.2) is 47.2 Å². The van der Waals surface area contributed by atoms with Crippen LogP contribution in [0.1, 0.15) is 35.7 Å². The molecule has 2 heterocycles. The summed E-state index contributed by atoms with van der Waals surface area (Å²) in [5.41, 5.74) is 2.53. The predicted octanol–water partition coefficient (Wildman–Crippen LogP) is 4.01. The summed E-state index contributed by atoms with van der Waals surface area (Å²) in [6.07, 6.45) is 3.05. The summed E-state index contributed by atoms with van der Waals surface area (Å²) in [5, 5.41) is 1.04. The number of methoxy groups -OCH3 is 1. The van der Waals surface area contributed by atoms with E-state index in [-0.39, 0.29) is 24.0 Å². The number of fused-ring (bicyclic) bond motifs is 1. The van der Waals surface area contributed by atoms with Crippen LogP contribution in [0, 0.1) is 11.8 Å². The molecule has 1 aliphatic rings. The topological polar surface area (TPSA) is 79.5 Å². The molecular weight excluding hydrogens is 404 g/mol. The first-order chi connectivity index (χ1) is 15.5. The van der Waals surface area contributed by atoms with E-state index in [1.54, 1.807) is 17.0 Å². The molecule has 0 bridgehead atoms. The Balaban J connectivity index is 1.71. The number of piperidine rings is 1. The van der Waals surface area contributed by atoms with Crippen molar-refractivity contribution in [2.75, 3.05) is 13.7 Å². The third kappa shape index (κ3) is 4.17. The molecule has 6 heteroatoms. The molecule has 1 saturated heterocycles. The molecule has 0 aliphatic carbocycles. The van der Waals surface area contributed by atoms with Gasteiger partial charge in [0, 0.05) is 41.5 Å². The van der Waals surface area contributed by atoms with Crippen molar-refractivity contribution in [1.82, 2.24) is 9.88 Å². The van der Waals surface area contributed by atoms with Crippen LogP contribution >= 0.6 is 0 Å². The molecule has 2 aromatic carbocycles. The van der Waals surface area contributed by atoms with Gasteiger partial charge in [0.1, 0.15) is 0 Å². The van der Waals surface area contributed by atoms with Crippen molar-refractivity contribution in [3.8, 4) is 0 Å². The first-order valence-corrected chi connectivity index (χ1v) is 11.0. The van der Waals surface area contributed by atoms with Crippen molar-refractivity contribution in [2.45, 2.75) is 32.2 Å². The van der Waals surface area contributed by atoms with Crippen LogP contribution in [0.2, 0.25) is 0 Å². The number of benzene rings is 2. The third-order valence-electron chi connectivity index (χ3n) is 6.58. The van der Waals surface area contributed by atoms with Crippen molar-refractivity contribution in [1.29, 1.82) is 0 Å². The Kier molecular flexibility index (Phi) is 6.40. The summed E-state index contributed by atoms with van der Waals surface area (Å²) >= 11 is 0. The number of hydrogen-bond donors (Lipinski definition) is 1. The Bertz CT molecular complexity index is 1120. The van der Waals surface area contributed by atoms with E-state index in [0.29, 0.717) is 24.9 Å². The summed E-state index contributed by atoms with van der Waals surface area (Å²) in [5.74, 6) is -1.16. The highest BCUT2D eigenvalue weighted by molar-refractivity contribution is 6.00. The Hall–Kier alpha value is -3.41. The van der Waals surface area contributed by atoms with Gasteiger partial charge < -0.3 is 14.6 Å². The molecule has 0 saturated carbocycles. The summed E-state index contributed by atoms with van der Waals surface area (Å²) in [7, 11) is 1.34. The SMILES string of the molecule is CCC1CN(C(=O)c2ccccc2)C(Cc2c[nH]c3ccccc23)C(=O)C1CC(=O)OC. The second kappa shape index (κ2) is 9.39. The van der Waals surface area contributed by atoms with Gasteiger partial charge in [-0.3, -0.25) is 14.4 Å². The Morgan fingerprint density at radius 1 is 1.09 bits per heavy atom. The van der Waals surface area contributed by atoms with Gasteiger partial charge >= 0.3 is 5.97 Å². The molecule has 1 fully saturated rings. The van der Waals surface area contributed by atoms with Crippen LogP contribution in [0.15, 0.2) is 60.8 Å². The van der Waals surface area contributed by atoms with E-state index in [1.807, 2.05) is 55.6 Å². The van der Waals surface area contributed by atoms with Gasteiger partial charge in [-0.25, -0.2) is 0 Å². The maximum Gasteiger partial charge on any atom is 0.306 e. The van der Waals surface area contributed by atoms with Crippen LogP contribution < -0.4 is 0 Å². The highest BCUT2D eigenvalue weighted by atomic mass is 16.5. The van der Waals surface area contributed by atoms with Gasteiger partial charge in [-0.05, 0) is 29.7 Å². The smallest absolute Gasteiger partial charge is 0.306 e. The molecule has 1 N–H and O–H groups in total. The number of carbonyl (C=O) groups is 3. The van der Waals surface area contributed by atoms with Gasteiger partial charge in [0.2, 0.25) is 0 Å². The Labute approximate surface area is 187 Å². The Morgan fingerprint density at radius 2 is 1.81 bits per heavy atom. The first kappa shape index (κ1) is 21.8. The lowest BCUT2D eigenvalue weighted by molar-refractivity contribution is -0.147. The zero-order chi connectivity index (χ0) is 22.7. The molecule has 4 rings (SSSR count).